The Morgan fingerprint density at radius 3 is 2.43 bits per heavy atom. The fraction of sp³-hybridized carbons (Fsp3) is 0.480. The number of fused-ring (bicyclic) bond motifs is 1. The lowest BCUT2D eigenvalue weighted by atomic mass is 9.88. The topological polar surface area (TPSA) is 89.0 Å². The molecule has 0 heterocycles. The summed E-state index contributed by atoms with van der Waals surface area (Å²) in [6.07, 6.45) is 9.24. The molecule has 0 aromatic heterocycles. The summed E-state index contributed by atoms with van der Waals surface area (Å²) >= 11 is 0. The van der Waals surface area contributed by atoms with E-state index in [0.29, 0.717) is 24.1 Å². The first kappa shape index (κ1) is 22.3. The highest BCUT2D eigenvalue weighted by Gasteiger charge is 2.21. The molecular weight excluding hydrogens is 376 g/mol. The number of hydrogen-bond donors (Lipinski definition) is 2. The van der Waals surface area contributed by atoms with Crippen LogP contribution in [0.1, 0.15) is 62.1 Å². The van der Waals surface area contributed by atoms with Gasteiger partial charge in [0.15, 0.2) is 0 Å². The second-order valence-corrected chi connectivity index (χ2v) is 8.45. The van der Waals surface area contributed by atoms with Gasteiger partial charge in [0.05, 0.1) is 0 Å². The number of rotatable bonds is 7. The Morgan fingerprint density at radius 2 is 1.73 bits per heavy atom. The monoisotopic (exact) mass is 410 g/mol. The van der Waals surface area contributed by atoms with E-state index in [4.69, 9.17) is 4.84 Å². The Labute approximate surface area is 179 Å². The predicted molar refractivity (Wildman–Crippen MR) is 115 cm³/mol. The van der Waals surface area contributed by atoms with E-state index in [1.54, 1.807) is 0 Å². The van der Waals surface area contributed by atoms with Crippen molar-refractivity contribution in [1.82, 2.24) is 5.48 Å². The Balaban J connectivity index is 0.000000196. The number of para-hydroxylation sites is 1. The number of nitrogens with one attached hydrogen (secondary N) is 1. The first-order chi connectivity index (χ1) is 14.6. The molecule has 2 aromatic rings. The summed E-state index contributed by atoms with van der Waals surface area (Å²) in [6, 6.07) is 18.5. The van der Waals surface area contributed by atoms with Gasteiger partial charge in [0.1, 0.15) is 11.8 Å². The Morgan fingerprint density at radius 1 is 1.03 bits per heavy atom. The van der Waals surface area contributed by atoms with E-state index in [1.807, 2.05) is 30.3 Å². The van der Waals surface area contributed by atoms with Gasteiger partial charge in [-0.1, -0.05) is 68.1 Å². The first-order valence-electron chi connectivity index (χ1n) is 11.2. The van der Waals surface area contributed by atoms with Crippen molar-refractivity contribution in [3.8, 4) is 5.75 Å². The molecule has 0 saturated heterocycles. The zero-order valence-corrected chi connectivity index (χ0v) is 17.7. The molecule has 0 spiro atoms. The van der Waals surface area contributed by atoms with Crippen LogP contribution in [0.5, 0.6) is 5.75 Å². The number of quaternary nitrogens is 1. The van der Waals surface area contributed by atoms with Gasteiger partial charge in [-0.25, -0.2) is 0 Å². The SMILES string of the molecule is O=C([O-])[C@@H](CNOc1ccccc1)CC1CCCC1.[NH3+][C@@H]1CCCc2ccccc21. The van der Waals surface area contributed by atoms with Gasteiger partial charge in [-0.15, -0.1) is 0 Å². The summed E-state index contributed by atoms with van der Waals surface area (Å²) in [6.45, 7) is 0.285. The Hall–Kier alpha value is -2.37. The number of carboxylic acids is 1. The first-order valence-corrected chi connectivity index (χ1v) is 11.2. The van der Waals surface area contributed by atoms with Crippen LogP contribution in [0.2, 0.25) is 0 Å². The minimum absolute atomic E-state index is 0.285. The number of aliphatic carboxylic acids is 1. The second kappa shape index (κ2) is 11.7. The van der Waals surface area contributed by atoms with Gasteiger partial charge in [-0.2, -0.15) is 5.48 Å². The van der Waals surface area contributed by atoms with E-state index in [-0.39, 0.29) is 6.54 Å². The highest BCUT2D eigenvalue weighted by Crippen LogP contribution is 2.30. The van der Waals surface area contributed by atoms with E-state index in [1.165, 1.54) is 43.2 Å². The number of carbonyl (C=O) groups is 1. The van der Waals surface area contributed by atoms with E-state index < -0.39 is 11.9 Å². The van der Waals surface area contributed by atoms with E-state index >= 15 is 0 Å². The molecule has 1 fully saturated rings. The zero-order valence-electron chi connectivity index (χ0n) is 17.7. The Kier molecular flexibility index (Phi) is 8.72. The van der Waals surface area contributed by atoms with Crippen molar-refractivity contribution in [2.75, 3.05) is 6.54 Å². The van der Waals surface area contributed by atoms with Crippen molar-refractivity contribution < 1.29 is 20.5 Å². The van der Waals surface area contributed by atoms with Crippen LogP contribution in [0.4, 0.5) is 0 Å². The highest BCUT2D eigenvalue weighted by atomic mass is 16.6. The third kappa shape index (κ3) is 6.85. The standard InChI is InChI=1S/C15H21NO3.C10H13N/c17-15(18)13(10-12-6-4-5-7-12)11-16-19-14-8-2-1-3-9-14;11-10-7-3-5-8-4-1-2-6-9(8)10/h1-3,8-9,12-13,16H,4-7,10-11H2,(H,17,18);1-2,4,6,10H,3,5,7,11H2/t13-;10-/m11/s1. The minimum Gasteiger partial charge on any atom is -0.550 e. The molecule has 0 bridgehead atoms. The molecule has 0 amide bonds. The predicted octanol–water partition coefficient (Wildman–Crippen LogP) is 2.82. The van der Waals surface area contributed by atoms with Gasteiger partial charge in [0.2, 0.25) is 0 Å². The van der Waals surface area contributed by atoms with Crippen molar-refractivity contribution >= 4 is 5.97 Å². The van der Waals surface area contributed by atoms with Crippen molar-refractivity contribution in [1.29, 1.82) is 0 Å². The van der Waals surface area contributed by atoms with E-state index in [2.05, 4.69) is 35.5 Å². The number of carboxylic acid groups (broad SMARTS) is 1. The quantitative estimate of drug-likeness (QED) is 0.687. The lowest BCUT2D eigenvalue weighted by molar-refractivity contribution is -0.429. The number of hydrogen-bond acceptors (Lipinski definition) is 4. The van der Waals surface area contributed by atoms with Crippen LogP contribution < -0.4 is 21.2 Å². The molecule has 0 unspecified atom stereocenters. The van der Waals surface area contributed by atoms with Gasteiger partial charge in [-0.05, 0) is 42.9 Å². The molecular formula is C25H34N2O3. The third-order valence-corrected chi connectivity index (χ3v) is 6.18. The van der Waals surface area contributed by atoms with Crippen LogP contribution in [-0.4, -0.2) is 12.5 Å². The molecule has 2 aliphatic carbocycles. The molecule has 30 heavy (non-hydrogen) atoms. The molecule has 0 radical (unpaired) electrons. The van der Waals surface area contributed by atoms with Gasteiger partial charge in [0.25, 0.3) is 0 Å². The fourth-order valence-corrected chi connectivity index (χ4v) is 4.48. The smallest absolute Gasteiger partial charge is 0.147 e. The van der Waals surface area contributed by atoms with Crippen LogP contribution in [0, 0.1) is 11.8 Å². The average molecular weight is 411 g/mol. The molecule has 5 nitrogen and oxygen atoms in total. The lowest BCUT2D eigenvalue weighted by Crippen LogP contribution is -2.54. The summed E-state index contributed by atoms with van der Waals surface area (Å²) in [5, 5.41) is 11.1. The molecule has 1 saturated carbocycles. The van der Waals surface area contributed by atoms with Crippen molar-refractivity contribution in [2.45, 2.75) is 57.4 Å². The minimum atomic E-state index is -0.990. The van der Waals surface area contributed by atoms with Crippen molar-refractivity contribution in [3.05, 3.63) is 65.7 Å². The maximum atomic E-state index is 11.1. The fourth-order valence-electron chi connectivity index (χ4n) is 4.48. The van der Waals surface area contributed by atoms with Gasteiger partial charge >= 0.3 is 0 Å². The number of carbonyl (C=O) groups excluding carboxylic acids is 1. The number of benzene rings is 2. The molecule has 4 rings (SSSR count). The van der Waals surface area contributed by atoms with Crippen LogP contribution in [0.3, 0.4) is 0 Å². The molecule has 2 aromatic carbocycles. The van der Waals surface area contributed by atoms with E-state index in [0.717, 1.165) is 12.8 Å². The molecule has 5 heteroatoms. The van der Waals surface area contributed by atoms with Crippen molar-refractivity contribution in [2.24, 2.45) is 11.8 Å². The highest BCUT2D eigenvalue weighted by molar-refractivity contribution is 5.67. The van der Waals surface area contributed by atoms with Crippen molar-refractivity contribution in [3.63, 3.8) is 0 Å². The Bertz CT molecular complexity index is 775. The molecule has 4 N–H and O–H groups in total. The molecule has 2 aliphatic rings. The second-order valence-electron chi connectivity index (χ2n) is 8.45. The zero-order chi connectivity index (χ0) is 21.2. The molecule has 162 valence electrons. The van der Waals surface area contributed by atoms with Crippen LogP contribution in [0.25, 0.3) is 0 Å². The molecule has 2 atom stereocenters. The largest absolute Gasteiger partial charge is 0.550 e. The van der Waals surface area contributed by atoms with E-state index in [9.17, 15) is 9.90 Å². The summed E-state index contributed by atoms with van der Waals surface area (Å²) in [5.41, 5.74) is 9.86. The van der Waals surface area contributed by atoms with Gasteiger partial charge in [0, 0.05) is 30.4 Å². The van der Waals surface area contributed by atoms with Crippen LogP contribution >= 0.6 is 0 Å². The number of hydroxylamine groups is 1. The summed E-state index contributed by atoms with van der Waals surface area (Å²) in [7, 11) is 0. The summed E-state index contributed by atoms with van der Waals surface area (Å²) in [4.78, 5) is 16.4. The normalized spacial score (nSPS) is 19.3. The third-order valence-electron chi connectivity index (χ3n) is 6.18. The average Bonchev–Trinajstić information content (AvgIpc) is 3.28. The maximum absolute atomic E-state index is 11.1. The van der Waals surface area contributed by atoms with Gasteiger partial charge < -0.3 is 20.5 Å². The lowest BCUT2D eigenvalue weighted by Gasteiger charge is -2.21. The summed E-state index contributed by atoms with van der Waals surface area (Å²) < 4.78 is 0. The van der Waals surface area contributed by atoms with Gasteiger partial charge in [-0.3, -0.25) is 0 Å². The summed E-state index contributed by atoms with van der Waals surface area (Å²) in [5.74, 6) is -0.259. The number of aryl methyl sites for hydroxylation is 1. The van der Waals surface area contributed by atoms with Crippen LogP contribution in [-0.2, 0) is 11.2 Å². The maximum Gasteiger partial charge on any atom is 0.147 e. The molecule has 0 aliphatic heterocycles. The van der Waals surface area contributed by atoms with Crippen LogP contribution in [0.15, 0.2) is 54.6 Å².